The van der Waals surface area contributed by atoms with Gasteiger partial charge in [-0.3, -0.25) is 14.9 Å². The second-order valence-corrected chi connectivity index (χ2v) is 6.21. The van der Waals surface area contributed by atoms with Gasteiger partial charge < -0.3 is 10.2 Å². The van der Waals surface area contributed by atoms with Crippen molar-refractivity contribution in [1.82, 2.24) is 0 Å². The van der Waals surface area contributed by atoms with Gasteiger partial charge in [0.25, 0.3) is 11.6 Å². The van der Waals surface area contributed by atoms with E-state index in [1.165, 1.54) is 18.2 Å². The topological polar surface area (TPSA) is 76.7 Å². The summed E-state index contributed by atoms with van der Waals surface area (Å²) in [5, 5.41) is 14.5. The lowest BCUT2D eigenvalue weighted by Gasteiger charge is -2.14. The molecule has 0 bridgehead atoms. The number of rotatable bonds is 6. The van der Waals surface area contributed by atoms with Gasteiger partial charge >= 0.3 is 0 Å². The van der Waals surface area contributed by atoms with Crippen LogP contribution in [0.25, 0.3) is 0 Å². The number of carbonyl (C=O) groups excluding carboxylic acids is 1. The summed E-state index contributed by atoms with van der Waals surface area (Å²) in [4.78, 5) is 23.5. The summed E-state index contributed by atoms with van der Waals surface area (Å²) in [5.41, 5.74) is 0.821. The van der Waals surface area contributed by atoms with Crippen LogP contribution in [0, 0.1) is 10.1 Å². The second kappa shape index (κ2) is 8.10. The molecule has 0 aliphatic heterocycles. The van der Waals surface area contributed by atoms with Gasteiger partial charge in [0, 0.05) is 21.7 Å². The molecule has 0 heterocycles. The van der Waals surface area contributed by atoms with E-state index in [2.05, 4.69) is 5.32 Å². The first-order chi connectivity index (χ1) is 11.4. The Morgan fingerprint density at radius 1 is 1.25 bits per heavy atom. The van der Waals surface area contributed by atoms with E-state index in [4.69, 9.17) is 23.2 Å². The molecule has 0 aromatic heterocycles. The summed E-state index contributed by atoms with van der Waals surface area (Å²) >= 11 is 11.9. The van der Waals surface area contributed by atoms with Crippen LogP contribution in [-0.2, 0) is 11.3 Å². The van der Waals surface area contributed by atoms with Crippen LogP contribution in [0.2, 0.25) is 10.0 Å². The molecule has 0 saturated carbocycles. The molecule has 0 spiro atoms. The van der Waals surface area contributed by atoms with E-state index in [0.717, 1.165) is 10.5 Å². The monoisotopic (exact) mass is 368 g/mol. The fraction of sp³-hybridized carbons (Fsp3) is 0.188. The predicted molar refractivity (Wildman–Crippen MR) is 93.6 cm³/mol. The zero-order chi connectivity index (χ0) is 17.7. The highest BCUT2D eigenvalue weighted by Crippen LogP contribution is 2.27. The summed E-state index contributed by atoms with van der Waals surface area (Å²) in [5.74, 6) is -0.329. The minimum absolute atomic E-state index is 0.125. The Bertz CT molecular complexity index is 768. The zero-order valence-corrected chi connectivity index (χ0v) is 14.4. The highest BCUT2D eigenvalue weighted by Gasteiger charge is 2.18. The summed E-state index contributed by atoms with van der Waals surface area (Å²) in [6.45, 7) is 0.709. The van der Waals surface area contributed by atoms with Crippen molar-refractivity contribution >= 4 is 40.5 Å². The van der Waals surface area contributed by atoms with Gasteiger partial charge in [-0.05, 0) is 18.2 Å². The summed E-state index contributed by atoms with van der Waals surface area (Å²) in [7, 11) is 1.85. The number of halogens is 2. The fourth-order valence-corrected chi connectivity index (χ4v) is 2.63. The second-order valence-electron chi connectivity index (χ2n) is 5.37. The molecule has 2 aromatic rings. The van der Waals surface area contributed by atoms with E-state index in [-0.39, 0.29) is 28.8 Å². The molecule has 0 radical (unpaired) electrons. The minimum Gasteiger partial charge on any atom is -0.326 e. The third kappa shape index (κ3) is 4.92. The molecule has 6 nitrogen and oxygen atoms in total. The Balaban J connectivity index is 2.01. The molecule has 24 heavy (non-hydrogen) atoms. The Hall–Kier alpha value is -2.15. The minimum atomic E-state index is -0.582. The molecule has 0 aliphatic carbocycles. The molecular weight excluding hydrogens is 353 g/mol. The highest BCUT2D eigenvalue weighted by atomic mass is 35.5. The van der Waals surface area contributed by atoms with Gasteiger partial charge in [-0.1, -0.05) is 41.4 Å². The number of quaternary nitrogens is 1. The molecular formula is C16H16Cl2N3O3+. The van der Waals surface area contributed by atoms with Gasteiger partial charge in [0.1, 0.15) is 12.2 Å². The van der Waals surface area contributed by atoms with Crippen LogP contribution in [0.5, 0.6) is 0 Å². The smallest absolute Gasteiger partial charge is 0.294 e. The van der Waals surface area contributed by atoms with Gasteiger partial charge in [0.2, 0.25) is 0 Å². The van der Waals surface area contributed by atoms with E-state index < -0.39 is 4.92 Å². The van der Waals surface area contributed by atoms with E-state index in [9.17, 15) is 14.9 Å². The Morgan fingerprint density at radius 2 is 1.96 bits per heavy atom. The summed E-state index contributed by atoms with van der Waals surface area (Å²) in [6.07, 6.45) is 0. The van der Waals surface area contributed by atoms with Crippen molar-refractivity contribution < 1.29 is 14.6 Å². The maximum absolute atomic E-state index is 12.1. The number of anilines is 1. The van der Waals surface area contributed by atoms with E-state index >= 15 is 0 Å². The maximum atomic E-state index is 12.1. The lowest BCUT2D eigenvalue weighted by Crippen LogP contribution is -3.08. The number of nitrogens with zero attached hydrogens (tertiary/aromatic N) is 1. The largest absolute Gasteiger partial charge is 0.326 e. The lowest BCUT2D eigenvalue weighted by molar-refractivity contribution is -0.885. The highest BCUT2D eigenvalue weighted by molar-refractivity contribution is 6.31. The molecule has 126 valence electrons. The van der Waals surface area contributed by atoms with E-state index in [1.807, 2.05) is 25.2 Å². The van der Waals surface area contributed by atoms with Crippen LogP contribution in [0.1, 0.15) is 5.56 Å². The molecule has 1 atom stereocenters. The summed E-state index contributed by atoms with van der Waals surface area (Å²) < 4.78 is 0. The number of likely N-dealkylation sites (N-methyl/N-ethyl adjacent to an activating group) is 1. The number of benzene rings is 2. The SMILES string of the molecule is C[NH+](CC(=O)Nc1ccc(Cl)cc1[N+](=O)[O-])Cc1ccccc1Cl. The van der Waals surface area contributed by atoms with Gasteiger partial charge in [-0.15, -0.1) is 0 Å². The molecule has 1 unspecified atom stereocenters. The van der Waals surface area contributed by atoms with Crippen molar-refractivity contribution in [2.24, 2.45) is 0 Å². The van der Waals surface area contributed by atoms with Crippen molar-refractivity contribution in [3.05, 3.63) is 68.2 Å². The number of nitro groups is 1. The van der Waals surface area contributed by atoms with Gasteiger partial charge in [0.15, 0.2) is 6.54 Å². The lowest BCUT2D eigenvalue weighted by atomic mass is 10.2. The van der Waals surface area contributed by atoms with Crippen LogP contribution in [0.15, 0.2) is 42.5 Å². The van der Waals surface area contributed by atoms with Gasteiger partial charge in [0.05, 0.1) is 12.0 Å². The normalized spacial score (nSPS) is 11.8. The molecule has 0 saturated heterocycles. The summed E-state index contributed by atoms with van der Waals surface area (Å²) in [6, 6.07) is 11.5. The fourth-order valence-electron chi connectivity index (χ4n) is 2.26. The average Bonchev–Trinajstić information content (AvgIpc) is 2.51. The number of amides is 1. The van der Waals surface area contributed by atoms with Crippen molar-refractivity contribution in [1.29, 1.82) is 0 Å². The first-order valence-corrected chi connectivity index (χ1v) is 7.91. The molecule has 2 rings (SSSR count). The van der Waals surface area contributed by atoms with Crippen LogP contribution in [0.3, 0.4) is 0 Å². The molecule has 0 fully saturated rings. The van der Waals surface area contributed by atoms with E-state index in [0.29, 0.717) is 11.6 Å². The Labute approximate surface area is 149 Å². The quantitative estimate of drug-likeness (QED) is 0.607. The molecule has 0 aliphatic rings. The van der Waals surface area contributed by atoms with Crippen LogP contribution in [0.4, 0.5) is 11.4 Å². The van der Waals surface area contributed by atoms with Gasteiger partial charge in [-0.25, -0.2) is 0 Å². The predicted octanol–water partition coefficient (Wildman–Crippen LogP) is 2.56. The van der Waals surface area contributed by atoms with Crippen molar-refractivity contribution in [3.63, 3.8) is 0 Å². The molecule has 8 heteroatoms. The van der Waals surface area contributed by atoms with Crippen LogP contribution < -0.4 is 10.2 Å². The van der Waals surface area contributed by atoms with Crippen molar-refractivity contribution in [3.8, 4) is 0 Å². The third-order valence-electron chi connectivity index (χ3n) is 3.34. The molecule has 1 amide bonds. The van der Waals surface area contributed by atoms with Gasteiger partial charge in [-0.2, -0.15) is 0 Å². The number of nitrogens with one attached hydrogen (secondary N) is 2. The first-order valence-electron chi connectivity index (χ1n) is 7.15. The molecule has 2 aromatic carbocycles. The van der Waals surface area contributed by atoms with Crippen molar-refractivity contribution in [2.75, 3.05) is 18.9 Å². The Morgan fingerprint density at radius 3 is 2.62 bits per heavy atom. The van der Waals surface area contributed by atoms with Crippen molar-refractivity contribution in [2.45, 2.75) is 6.54 Å². The standard InChI is InChI=1S/C16H15Cl2N3O3/c1-20(9-11-4-2-3-5-13(11)18)10-16(22)19-14-7-6-12(17)8-15(14)21(23)24/h2-8H,9-10H2,1H3,(H,19,22)/p+1. The zero-order valence-electron chi connectivity index (χ0n) is 12.9. The maximum Gasteiger partial charge on any atom is 0.294 e. The Kier molecular flexibility index (Phi) is 6.14. The van der Waals surface area contributed by atoms with Crippen LogP contribution >= 0.6 is 23.2 Å². The number of hydrogen-bond acceptors (Lipinski definition) is 3. The first kappa shape index (κ1) is 18.2. The molecule has 2 N–H and O–H groups in total. The third-order valence-corrected chi connectivity index (χ3v) is 3.95. The average molecular weight is 369 g/mol. The van der Waals surface area contributed by atoms with E-state index in [1.54, 1.807) is 6.07 Å². The number of carbonyl (C=O) groups is 1. The number of hydrogen-bond donors (Lipinski definition) is 2. The van der Waals surface area contributed by atoms with Crippen LogP contribution in [-0.4, -0.2) is 24.4 Å². The number of nitro benzene ring substituents is 1.